The smallest absolute Gasteiger partial charge is 0.118 e. The highest BCUT2D eigenvalue weighted by molar-refractivity contribution is 14.1. The Hall–Kier alpha value is -1.07. The van der Waals surface area contributed by atoms with Crippen molar-refractivity contribution >= 4 is 22.6 Å². The second-order valence-electron chi connectivity index (χ2n) is 4.55. The van der Waals surface area contributed by atoms with E-state index in [-0.39, 0.29) is 6.04 Å². The van der Waals surface area contributed by atoms with E-state index in [9.17, 15) is 0 Å². The van der Waals surface area contributed by atoms with Crippen LogP contribution in [0, 0.1) is 3.57 Å². The molecule has 0 radical (unpaired) electrons. The Bertz CT molecular complexity index is 525. The van der Waals surface area contributed by atoms with Crippen molar-refractivity contribution in [1.82, 2.24) is 0 Å². The summed E-state index contributed by atoms with van der Waals surface area (Å²) in [4.78, 5) is 0. The van der Waals surface area contributed by atoms with Crippen molar-refractivity contribution in [2.45, 2.75) is 18.9 Å². The maximum atomic E-state index is 6.24. The molecule has 2 nitrogen and oxygen atoms in total. The minimum absolute atomic E-state index is 0.0943. The molecule has 2 N–H and O–H groups in total. The lowest BCUT2D eigenvalue weighted by Gasteiger charge is -2.12. The Balaban J connectivity index is 1.94. The minimum atomic E-state index is 0.0943. The summed E-state index contributed by atoms with van der Waals surface area (Å²) in [6, 6.07) is 16.7. The first-order chi connectivity index (χ1) is 9.19. The SMILES string of the molecule is COc1ccc(CCC(N)c2cccc(I)c2)cc1. The molecule has 0 saturated heterocycles. The summed E-state index contributed by atoms with van der Waals surface area (Å²) in [5.74, 6) is 0.894. The van der Waals surface area contributed by atoms with Gasteiger partial charge >= 0.3 is 0 Å². The fraction of sp³-hybridized carbons (Fsp3) is 0.250. The van der Waals surface area contributed by atoms with Crippen LogP contribution in [-0.2, 0) is 6.42 Å². The van der Waals surface area contributed by atoms with Crippen molar-refractivity contribution in [3.63, 3.8) is 0 Å². The van der Waals surface area contributed by atoms with E-state index in [0.29, 0.717) is 0 Å². The number of hydrogen-bond acceptors (Lipinski definition) is 2. The highest BCUT2D eigenvalue weighted by Gasteiger charge is 2.06. The van der Waals surface area contributed by atoms with E-state index in [4.69, 9.17) is 10.5 Å². The Kier molecular flexibility index (Phi) is 5.22. The molecule has 1 atom stereocenters. The molecule has 0 aromatic heterocycles. The molecule has 3 heteroatoms. The highest BCUT2D eigenvalue weighted by Crippen LogP contribution is 2.20. The number of ether oxygens (including phenoxy) is 1. The molecule has 0 heterocycles. The van der Waals surface area contributed by atoms with Crippen LogP contribution < -0.4 is 10.5 Å². The van der Waals surface area contributed by atoms with Gasteiger partial charge in [0.2, 0.25) is 0 Å². The predicted octanol–water partition coefficient (Wildman–Crippen LogP) is 3.93. The van der Waals surface area contributed by atoms with Gasteiger partial charge in [0.25, 0.3) is 0 Å². The van der Waals surface area contributed by atoms with Crippen molar-refractivity contribution in [3.05, 3.63) is 63.2 Å². The molecule has 100 valence electrons. The van der Waals surface area contributed by atoms with Crippen LogP contribution in [0.2, 0.25) is 0 Å². The van der Waals surface area contributed by atoms with E-state index in [1.54, 1.807) is 7.11 Å². The molecule has 2 aromatic rings. The molecule has 1 unspecified atom stereocenters. The largest absolute Gasteiger partial charge is 0.497 e. The number of rotatable bonds is 5. The minimum Gasteiger partial charge on any atom is -0.497 e. The molecule has 0 aliphatic carbocycles. The van der Waals surface area contributed by atoms with E-state index in [1.165, 1.54) is 14.7 Å². The Labute approximate surface area is 128 Å². The fourth-order valence-electron chi connectivity index (χ4n) is 2.02. The van der Waals surface area contributed by atoms with Gasteiger partial charge in [0.1, 0.15) is 5.75 Å². The number of benzene rings is 2. The van der Waals surface area contributed by atoms with Crippen LogP contribution in [0.25, 0.3) is 0 Å². The fourth-order valence-corrected chi connectivity index (χ4v) is 2.59. The lowest BCUT2D eigenvalue weighted by atomic mass is 10.00. The van der Waals surface area contributed by atoms with E-state index < -0.39 is 0 Å². The molecule has 0 amide bonds. The second-order valence-corrected chi connectivity index (χ2v) is 5.79. The lowest BCUT2D eigenvalue weighted by Crippen LogP contribution is -2.11. The van der Waals surface area contributed by atoms with Crippen LogP contribution in [0.15, 0.2) is 48.5 Å². The van der Waals surface area contributed by atoms with Gasteiger partial charge in [0.15, 0.2) is 0 Å². The Morgan fingerprint density at radius 3 is 2.53 bits per heavy atom. The first-order valence-corrected chi connectivity index (χ1v) is 7.41. The van der Waals surface area contributed by atoms with Gasteiger partial charge in [-0.15, -0.1) is 0 Å². The van der Waals surface area contributed by atoms with Crippen molar-refractivity contribution in [1.29, 1.82) is 0 Å². The van der Waals surface area contributed by atoms with Gasteiger partial charge in [-0.2, -0.15) is 0 Å². The predicted molar refractivity (Wildman–Crippen MR) is 87.4 cm³/mol. The molecular formula is C16H18INO. The zero-order valence-electron chi connectivity index (χ0n) is 11.0. The first kappa shape index (κ1) is 14.3. The molecule has 0 bridgehead atoms. The third kappa shape index (κ3) is 4.21. The molecule has 0 spiro atoms. The van der Waals surface area contributed by atoms with Gasteiger partial charge in [-0.1, -0.05) is 24.3 Å². The number of methoxy groups -OCH3 is 1. The summed E-state index contributed by atoms with van der Waals surface area (Å²) in [6.45, 7) is 0. The molecule has 2 aromatic carbocycles. The van der Waals surface area contributed by atoms with E-state index in [1.807, 2.05) is 12.1 Å². The second kappa shape index (κ2) is 6.91. The average molecular weight is 367 g/mol. The maximum absolute atomic E-state index is 6.24. The van der Waals surface area contributed by atoms with Gasteiger partial charge in [0, 0.05) is 9.61 Å². The summed E-state index contributed by atoms with van der Waals surface area (Å²) in [5, 5.41) is 0. The number of hydrogen-bond donors (Lipinski definition) is 1. The standard InChI is InChI=1S/C16H18INO/c1-19-15-8-5-12(6-9-15)7-10-16(18)13-3-2-4-14(17)11-13/h2-6,8-9,11,16H,7,10,18H2,1H3. The van der Waals surface area contributed by atoms with Gasteiger partial charge in [-0.25, -0.2) is 0 Å². The van der Waals surface area contributed by atoms with Gasteiger partial charge in [-0.3, -0.25) is 0 Å². The zero-order valence-corrected chi connectivity index (χ0v) is 13.1. The first-order valence-electron chi connectivity index (χ1n) is 6.33. The average Bonchev–Trinajstić information content (AvgIpc) is 2.45. The van der Waals surface area contributed by atoms with Crippen LogP contribution >= 0.6 is 22.6 Å². The van der Waals surface area contributed by atoms with Crippen LogP contribution in [0.5, 0.6) is 5.75 Å². The Morgan fingerprint density at radius 2 is 1.89 bits per heavy atom. The summed E-state index contributed by atoms with van der Waals surface area (Å²) < 4.78 is 6.38. The molecule has 0 aliphatic rings. The van der Waals surface area contributed by atoms with E-state index in [0.717, 1.165) is 18.6 Å². The molecule has 19 heavy (non-hydrogen) atoms. The van der Waals surface area contributed by atoms with Crippen LogP contribution in [-0.4, -0.2) is 7.11 Å². The molecule has 0 saturated carbocycles. The summed E-state index contributed by atoms with van der Waals surface area (Å²) in [7, 11) is 1.68. The van der Waals surface area contributed by atoms with E-state index >= 15 is 0 Å². The lowest BCUT2D eigenvalue weighted by molar-refractivity contribution is 0.414. The topological polar surface area (TPSA) is 35.2 Å². The highest BCUT2D eigenvalue weighted by atomic mass is 127. The van der Waals surface area contributed by atoms with Gasteiger partial charge < -0.3 is 10.5 Å². The van der Waals surface area contributed by atoms with Crippen LogP contribution in [0.4, 0.5) is 0 Å². The Morgan fingerprint density at radius 1 is 1.16 bits per heavy atom. The maximum Gasteiger partial charge on any atom is 0.118 e. The summed E-state index contributed by atoms with van der Waals surface area (Å²) >= 11 is 2.32. The normalized spacial score (nSPS) is 12.2. The zero-order chi connectivity index (χ0) is 13.7. The number of aryl methyl sites for hydroxylation is 1. The number of nitrogens with two attached hydrogens (primary N) is 1. The molecular weight excluding hydrogens is 349 g/mol. The van der Waals surface area contributed by atoms with Crippen molar-refractivity contribution < 1.29 is 4.74 Å². The third-order valence-electron chi connectivity index (χ3n) is 3.18. The summed E-state index contributed by atoms with van der Waals surface area (Å²) in [6.07, 6.45) is 1.93. The molecule has 0 aliphatic heterocycles. The van der Waals surface area contributed by atoms with E-state index in [2.05, 4.69) is 59.0 Å². The van der Waals surface area contributed by atoms with Crippen molar-refractivity contribution in [2.75, 3.05) is 7.11 Å². The monoisotopic (exact) mass is 367 g/mol. The molecule has 2 rings (SSSR count). The third-order valence-corrected chi connectivity index (χ3v) is 3.85. The van der Waals surface area contributed by atoms with Gasteiger partial charge in [0.05, 0.1) is 7.11 Å². The van der Waals surface area contributed by atoms with Gasteiger partial charge in [-0.05, 0) is 70.8 Å². The van der Waals surface area contributed by atoms with Crippen LogP contribution in [0.3, 0.4) is 0 Å². The quantitative estimate of drug-likeness (QED) is 0.813. The van der Waals surface area contributed by atoms with Crippen molar-refractivity contribution in [2.24, 2.45) is 5.73 Å². The molecule has 0 fully saturated rings. The number of halogens is 1. The summed E-state index contributed by atoms with van der Waals surface area (Å²) in [5.41, 5.74) is 8.74. The van der Waals surface area contributed by atoms with Crippen LogP contribution in [0.1, 0.15) is 23.6 Å². The van der Waals surface area contributed by atoms with Crippen molar-refractivity contribution in [3.8, 4) is 5.75 Å².